The summed E-state index contributed by atoms with van der Waals surface area (Å²) in [5.41, 5.74) is 7.23. The number of hydrogen-bond acceptors (Lipinski definition) is 5. The Balaban J connectivity index is 2.11. The summed E-state index contributed by atoms with van der Waals surface area (Å²) in [6.07, 6.45) is 0.923. The number of hydrogen-bond donors (Lipinski definition) is 1. The molecule has 0 spiro atoms. The molecule has 2 aromatic rings. The van der Waals surface area contributed by atoms with Gasteiger partial charge >= 0.3 is 0 Å². The van der Waals surface area contributed by atoms with E-state index in [0.29, 0.717) is 24.6 Å². The van der Waals surface area contributed by atoms with Crippen LogP contribution in [0.25, 0.3) is 11.5 Å². The van der Waals surface area contributed by atoms with Gasteiger partial charge < -0.3 is 15.0 Å². The van der Waals surface area contributed by atoms with Crippen molar-refractivity contribution in [2.24, 2.45) is 5.73 Å². The van der Waals surface area contributed by atoms with Gasteiger partial charge in [0, 0.05) is 12.2 Å². The van der Waals surface area contributed by atoms with Gasteiger partial charge in [-0.15, -0.1) is 0 Å². The van der Waals surface area contributed by atoms with E-state index >= 15 is 0 Å². The fraction of sp³-hybridized carbons (Fsp3) is 0.429. The van der Waals surface area contributed by atoms with E-state index in [2.05, 4.69) is 10.1 Å². The van der Waals surface area contributed by atoms with Crippen LogP contribution in [0.15, 0.2) is 22.7 Å². The molecular formula is C14H18FN3O2. The van der Waals surface area contributed by atoms with Gasteiger partial charge in [0.1, 0.15) is 5.82 Å². The number of halogens is 1. The lowest BCUT2D eigenvalue weighted by Crippen LogP contribution is -2.18. The summed E-state index contributed by atoms with van der Waals surface area (Å²) >= 11 is 0. The fourth-order valence-corrected chi connectivity index (χ4v) is 1.79. The second-order valence-corrected chi connectivity index (χ2v) is 4.66. The Morgan fingerprint density at radius 3 is 2.90 bits per heavy atom. The van der Waals surface area contributed by atoms with E-state index in [1.807, 2.05) is 6.92 Å². The quantitative estimate of drug-likeness (QED) is 0.823. The van der Waals surface area contributed by atoms with Crippen LogP contribution in [-0.2, 0) is 4.74 Å². The standard InChI is InChI=1S/C14H18FN3O2/c1-3-4-19-8-12(16)13-17-14(20-18-13)10-5-9(2)6-11(15)7-10/h5-7,12H,3-4,8,16H2,1-2H3. The van der Waals surface area contributed by atoms with Crippen LogP contribution in [0.5, 0.6) is 0 Å². The van der Waals surface area contributed by atoms with E-state index in [1.54, 1.807) is 13.0 Å². The van der Waals surface area contributed by atoms with Gasteiger partial charge in [0.2, 0.25) is 0 Å². The highest BCUT2D eigenvalue weighted by atomic mass is 19.1. The van der Waals surface area contributed by atoms with E-state index in [4.69, 9.17) is 15.0 Å². The molecule has 108 valence electrons. The molecule has 0 aliphatic heterocycles. The summed E-state index contributed by atoms with van der Waals surface area (Å²) in [4.78, 5) is 4.19. The second kappa shape index (κ2) is 6.58. The lowest BCUT2D eigenvalue weighted by atomic mass is 10.1. The summed E-state index contributed by atoms with van der Waals surface area (Å²) in [6.45, 7) is 4.79. The lowest BCUT2D eigenvalue weighted by molar-refractivity contribution is 0.119. The Labute approximate surface area is 116 Å². The lowest BCUT2D eigenvalue weighted by Gasteiger charge is -2.06. The molecule has 1 heterocycles. The van der Waals surface area contributed by atoms with Gasteiger partial charge in [0.25, 0.3) is 5.89 Å². The van der Waals surface area contributed by atoms with Gasteiger partial charge in [-0.3, -0.25) is 0 Å². The molecule has 1 aromatic carbocycles. The molecule has 0 fully saturated rings. The third kappa shape index (κ3) is 3.61. The first-order chi connectivity index (χ1) is 9.60. The molecule has 0 saturated carbocycles. The van der Waals surface area contributed by atoms with E-state index < -0.39 is 6.04 Å². The van der Waals surface area contributed by atoms with E-state index in [1.165, 1.54) is 12.1 Å². The first-order valence-corrected chi connectivity index (χ1v) is 6.54. The van der Waals surface area contributed by atoms with Crippen molar-refractivity contribution < 1.29 is 13.7 Å². The zero-order valence-corrected chi connectivity index (χ0v) is 11.6. The first kappa shape index (κ1) is 14.6. The van der Waals surface area contributed by atoms with Crippen LogP contribution in [-0.4, -0.2) is 23.4 Å². The summed E-state index contributed by atoms with van der Waals surface area (Å²) in [6, 6.07) is 4.11. The highest BCUT2D eigenvalue weighted by Crippen LogP contribution is 2.21. The predicted octanol–water partition coefficient (Wildman–Crippen LogP) is 2.61. The molecule has 20 heavy (non-hydrogen) atoms. The number of aromatic nitrogens is 2. The molecule has 0 bridgehead atoms. The summed E-state index contributed by atoms with van der Waals surface area (Å²) in [5.74, 6) is 0.280. The van der Waals surface area contributed by atoms with Gasteiger partial charge in [-0.1, -0.05) is 12.1 Å². The molecule has 5 nitrogen and oxygen atoms in total. The van der Waals surface area contributed by atoms with Crippen LogP contribution < -0.4 is 5.73 Å². The van der Waals surface area contributed by atoms with Crippen molar-refractivity contribution in [3.8, 4) is 11.5 Å². The summed E-state index contributed by atoms with van der Waals surface area (Å²) in [7, 11) is 0. The molecule has 2 rings (SSSR count). The van der Waals surface area contributed by atoms with Crippen LogP contribution in [0.2, 0.25) is 0 Å². The molecule has 0 amide bonds. The second-order valence-electron chi connectivity index (χ2n) is 4.66. The minimum Gasteiger partial charge on any atom is -0.379 e. The fourth-order valence-electron chi connectivity index (χ4n) is 1.79. The molecule has 6 heteroatoms. The Bertz CT molecular complexity index is 551. The largest absolute Gasteiger partial charge is 0.379 e. The number of nitrogens with two attached hydrogens (primary N) is 1. The minimum atomic E-state index is -0.450. The number of ether oxygens (including phenoxy) is 1. The average Bonchev–Trinajstić information content (AvgIpc) is 2.87. The molecular weight excluding hydrogens is 261 g/mol. The SMILES string of the molecule is CCCOCC(N)c1noc(-c2cc(C)cc(F)c2)n1. The Morgan fingerprint density at radius 1 is 1.40 bits per heavy atom. The molecule has 0 saturated heterocycles. The highest BCUT2D eigenvalue weighted by Gasteiger charge is 2.16. The van der Waals surface area contributed by atoms with Gasteiger partial charge in [-0.25, -0.2) is 4.39 Å². The Morgan fingerprint density at radius 2 is 2.20 bits per heavy atom. The van der Waals surface area contributed by atoms with Crippen LogP contribution in [0, 0.1) is 12.7 Å². The summed E-state index contributed by atoms with van der Waals surface area (Å²) < 4.78 is 23.8. The van der Waals surface area contributed by atoms with Crippen LogP contribution in [0.3, 0.4) is 0 Å². The van der Waals surface area contributed by atoms with Gasteiger partial charge in [0.15, 0.2) is 5.82 Å². The number of nitrogens with zero attached hydrogens (tertiary/aromatic N) is 2. The van der Waals surface area contributed by atoms with Crippen molar-refractivity contribution in [3.63, 3.8) is 0 Å². The third-order valence-electron chi connectivity index (χ3n) is 2.71. The molecule has 2 N–H and O–H groups in total. The van der Waals surface area contributed by atoms with Gasteiger partial charge in [-0.05, 0) is 37.1 Å². The monoisotopic (exact) mass is 279 g/mol. The van der Waals surface area contributed by atoms with Crippen molar-refractivity contribution in [1.29, 1.82) is 0 Å². The molecule has 0 aliphatic rings. The van der Waals surface area contributed by atoms with Crippen LogP contribution >= 0.6 is 0 Å². The normalized spacial score (nSPS) is 12.6. The molecule has 1 aromatic heterocycles. The Hall–Kier alpha value is -1.79. The zero-order chi connectivity index (χ0) is 14.5. The van der Waals surface area contributed by atoms with Crippen LogP contribution in [0.1, 0.15) is 30.8 Å². The minimum absolute atomic E-state index is 0.258. The van der Waals surface area contributed by atoms with E-state index in [-0.39, 0.29) is 11.7 Å². The topological polar surface area (TPSA) is 74.2 Å². The molecule has 1 atom stereocenters. The number of benzene rings is 1. The Kier molecular flexibility index (Phi) is 4.81. The van der Waals surface area contributed by atoms with Crippen molar-refractivity contribution in [1.82, 2.24) is 10.1 Å². The van der Waals surface area contributed by atoms with E-state index in [9.17, 15) is 4.39 Å². The van der Waals surface area contributed by atoms with Gasteiger partial charge in [0.05, 0.1) is 12.6 Å². The van der Waals surface area contributed by atoms with E-state index in [0.717, 1.165) is 12.0 Å². The van der Waals surface area contributed by atoms with Gasteiger partial charge in [-0.2, -0.15) is 4.98 Å². The van der Waals surface area contributed by atoms with Crippen molar-refractivity contribution >= 4 is 0 Å². The number of aryl methyl sites for hydroxylation is 1. The highest BCUT2D eigenvalue weighted by molar-refractivity contribution is 5.54. The third-order valence-corrected chi connectivity index (χ3v) is 2.71. The van der Waals surface area contributed by atoms with Crippen molar-refractivity contribution in [2.45, 2.75) is 26.3 Å². The van der Waals surface area contributed by atoms with Crippen molar-refractivity contribution in [2.75, 3.05) is 13.2 Å². The maximum absolute atomic E-state index is 13.4. The van der Waals surface area contributed by atoms with Crippen molar-refractivity contribution in [3.05, 3.63) is 35.4 Å². The molecule has 0 radical (unpaired) electrons. The summed E-state index contributed by atoms with van der Waals surface area (Å²) in [5, 5.41) is 3.82. The maximum Gasteiger partial charge on any atom is 0.258 e. The van der Waals surface area contributed by atoms with Crippen LogP contribution in [0.4, 0.5) is 4.39 Å². The smallest absolute Gasteiger partial charge is 0.258 e. The molecule has 1 unspecified atom stereocenters. The first-order valence-electron chi connectivity index (χ1n) is 6.54. The maximum atomic E-state index is 13.4. The zero-order valence-electron chi connectivity index (χ0n) is 11.6. The predicted molar refractivity (Wildman–Crippen MR) is 72.5 cm³/mol. The molecule has 0 aliphatic carbocycles. The average molecular weight is 279 g/mol. The number of rotatable bonds is 6.